The summed E-state index contributed by atoms with van der Waals surface area (Å²) in [5.41, 5.74) is 4.52. The van der Waals surface area contributed by atoms with Crippen molar-refractivity contribution in [2.24, 2.45) is 170 Å². The zero-order valence-electron chi connectivity index (χ0n) is 120. The standard InChI is InChI=1S/9C12H18N2O2/c9*1-4-11-9(7-16-12(11)15)5-10-6-13-8(2)14(10)3/h9*6,9,11H,4-5,7H2,1-3H3/t9*9-,11-/m000000000/s1/i4D2,6D,9D,11D;3D3,4D2,6D,11D;6D,9D,11D;4D2,6D,11D;3D3,6D,11D;6D,11D;6D,9D;3D3,6D;6D. The number of imidazole rings is 9. The van der Waals surface area contributed by atoms with E-state index in [1.807, 2.05) is 83.3 Å². The maximum absolute atomic E-state index is 11.9. The largest absolute Gasteiger partial charge is 0.465 e. The van der Waals surface area contributed by atoms with E-state index in [1.165, 1.54) is 20.8 Å². The third kappa shape index (κ3) is 28.5. The Morgan fingerprint density at radius 1 is 0.243 bits per heavy atom. The van der Waals surface area contributed by atoms with Crippen LogP contribution in [0.1, 0.15) is 269 Å². The predicted octanol–water partition coefficient (Wildman–Crippen LogP) is 13.2. The normalized spacial score (nSPS) is 33.3. The molecular formula is C108H162N18O18. The van der Waals surface area contributed by atoms with Gasteiger partial charge in [-0.05, 0) is 178 Å². The minimum atomic E-state index is -2.55. The molecule has 0 unspecified atom stereocenters. The second-order valence-electron chi connectivity index (χ2n) is 36.2. The van der Waals surface area contributed by atoms with Gasteiger partial charge in [-0.2, -0.15) is 0 Å². The van der Waals surface area contributed by atoms with Gasteiger partial charge in [0.25, 0.3) is 0 Å². The van der Waals surface area contributed by atoms with E-state index in [0.29, 0.717) is 109 Å². The highest BCUT2D eigenvalue weighted by molar-refractivity contribution is 5.78. The van der Waals surface area contributed by atoms with Gasteiger partial charge in [-0.15, -0.1) is 0 Å². The number of carbonyl (C=O) groups is 9. The number of aromatic nitrogens is 18. The number of hydrogen-bond donors (Lipinski definition) is 0. The van der Waals surface area contributed by atoms with Gasteiger partial charge in [-0.25, -0.2) is 44.9 Å². The first kappa shape index (κ1) is 74.9. The van der Waals surface area contributed by atoms with Crippen molar-refractivity contribution < 1.29 is 131 Å². The lowest BCUT2D eigenvalue weighted by Crippen LogP contribution is -2.18. The molecule has 18 atom stereocenters. The van der Waals surface area contributed by atoms with Crippen molar-refractivity contribution in [3.05, 3.63) is 159 Å². The van der Waals surface area contributed by atoms with E-state index in [9.17, 15) is 43.2 Å². The Morgan fingerprint density at radius 3 is 0.688 bits per heavy atom. The molecule has 0 saturated carbocycles. The molecule has 36 nitrogen and oxygen atoms in total. The Bertz CT molecular complexity index is 7550. The van der Waals surface area contributed by atoms with Gasteiger partial charge in [0.05, 0.1) is 125 Å². The summed E-state index contributed by atoms with van der Waals surface area (Å²) in [6, 6.07) is 0. The molecule has 9 aliphatic heterocycles. The van der Waals surface area contributed by atoms with E-state index in [-0.39, 0.29) is 218 Å². The van der Waals surface area contributed by atoms with Crippen molar-refractivity contribution in [1.29, 1.82) is 0 Å². The smallest absolute Gasteiger partial charge is 0.309 e. The Hall–Kier alpha value is -11.9. The Balaban J connectivity index is 0.000000200. The van der Waals surface area contributed by atoms with Gasteiger partial charge in [0, 0.05) is 256 Å². The molecule has 0 aliphatic carbocycles. The lowest BCUT2D eigenvalue weighted by atomic mass is 9.89. The minimum absolute atomic E-state index is 0.000644. The van der Waals surface area contributed by atoms with E-state index >= 15 is 0 Å². The van der Waals surface area contributed by atoms with Crippen LogP contribution >= 0.6 is 0 Å². The van der Waals surface area contributed by atoms with Gasteiger partial charge in [0.15, 0.2) is 0 Å². The van der Waals surface area contributed by atoms with E-state index in [4.69, 9.17) is 87.9 Å². The lowest BCUT2D eigenvalue weighted by molar-refractivity contribution is -0.142. The predicted molar refractivity (Wildman–Crippen MR) is 539 cm³/mol. The monoisotopic (exact) mass is 2030 g/mol. The van der Waals surface area contributed by atoms with E-state index in [2.05, 4.69) is 44.9 Å². The minimum Gasteiger partial charge on any atom is -0.465 e. The van der Waals surface area contributed by atoms with Crippen molar-refractivity contribution in [1.82, 2.24) is 86.0 Å². The summed E-state index contributed by atoms with van der Waals surface area (Å²) in [6.45, 7) is 23.0. The Labute approximate surface area is 896 Å². The summed E-state index contributed by atoms with van der Waals surface area (Å²) < 4.78 is 318. The van der Waals surface area contributed by atoms with E-state index in [0.717, 1.165) is 62.8 Å². The first-order valence-electron chi connectivity index (χ1n) is 64.9. The van der Waals surface area contributed by atoms with Crippen LogP contribution in [0, 0.1) is 169 Å². The topological polar surface area (TPSA) is 397 Å². The fourth-order valence-corrected chi connectivity index (χ4v) is 17.7. The fourth-order valence-electron chi connectivity index (χ4n) is 17.7. The quantitative estimate of drug-likeness (QED) is 0.0341. The number of hydrogen-bond acceptors (Lipinski definition) is 27. The molecule has 0 amide bonds. The molecule has 0 radical (unpaired) electrons. The average Bonchev–Trinajstić information content (AvgIpc) is 1.57. The van der Waals surface area contributed by atoms with Crippen LogP contribution in [0.4, 0.5) is 0 Å². The maximum Gasteiger partial charge on any atom is 0.309 e. The molecular weight excluding hydrogens is 1840 g/mol. The highest BCUT2D eigenvalue weighted by atomic mass is 16.6. The molecule has 9 aromatic rings. The van der Waals surface area contributed by atoms with Crippen molar-refractivity contribution in [3.8, 4) is 0 Å². The van der Waals surface area contributed by atoms with Gasteiger partial charge in [-0.1, -0.05) is 62.3 Å². The van der Waals surface area contributed by atoms with Crippen molar-refractivity contribution in [2.45, 2.75) is 240 Å². The molecule has 9 aromatic heterocycles. The molecule has 0 aromatic carbocycles. The van der Waals surface area contributed by atoms with Gasteiger partial charge in [0.1, 0.15) is 52.4 Å². The number of cyclic esters (lactones) is 9. The molecule has 9 fully saturated rings. The summed E-state index contributed by atoms with van der Waals surface area (Å²) >= 11 is 0. The summed E-state index contributed by atoms with van der Waals surface area (Å²) in [4.78, 5) is 141. The second-order valence-corrected chi connectivity index (χ2v) is 36.2. The SMILES string of the molecule is [2H]c1nc(C)n(C([2H])([2H])[2H])c1C[C@H]1COC(=O)[C@@]1([2H])C([2H])([2H])C.[2H]c1nc(C)n(C([2H])([2H])[2H])c1C[C@H]1COC(=O)[C@@]1([2H])CC.[2H]c1nc(C)n(C([2H])([2H])[2H])c1C[C@H]1COC(=O)[C@H]1CC.[2H]c1nc(C)n(C)c1C[C@@]1([2H])COC(=O)[C@@]1([2H])C([2H])([2H])C.[2H]c1nc(C)n(C)c1C[C@@]1([2H])COC(=O)[C@@]1([2H])CC.[2H]c1nc(C)n(C)c1C[C@@]1([2H])COC(=O)[C@H]1CC.[2H]c1nc(C)n(C)c1C[C@H]1COC(=O)[C@@]1([2H])C([2H])([2H])C.[2H]c1nc(C)n(C)c1C[C@H]1COC(=O)[C@@]1([2H])CC.[2H]c1nc(C)n(C)c1C[C@H]1COC(=O)[C@H]1CC. The van der Waals surface area contributed by atoms with Gasteiger partial charge in [0.2, 0.25) is 0 Å². The third-order valence-corrected chi connectivity index (χ3v) is 27.5. The summed E-state index contributed by atoms with van der Waals surface area (Å²) in [5.74, 6) is -17.7. The fraction of sp³-hybridized carbons (Fsp3) is 0.667. The zero-order chi connectivity index (χ0) is 134. The first-order valence-corrected chi connectivity index (χ1v) is 48.4. The zero-order valence-corrected chi connectivity index (χ0v) is 87.1. The highest BCUT2D eigenvalue weighted by Gasteiger charge is 2.44. The Kier molecular flexibility index (Phi) is 27.7. The number of nitrogens with zero attached hydrogens (tertiary/aromatic N) is 18. The van der Waals surface area contributed by atoms with Crippen LogP contribution in [0.15, 0.2) is 55.6 Å². The van der Waals surface area contributed by atoms with Crippen LogP contribution in [0.5, 0.6) is 0 Å². The van der Waals surface area contributed by atoms with Gasteiger partial charge >= 0.3 is 53.7 Å². The molecule has 18 rings (SSSR count). The van der Waals surface area contributed by atoms with Crippen LogP contribution < -0.4 is 0 Å². The molecule has 0 bridgehead atoms. The van der Waals surface area contributed by atoms with Crippen LogP contribution in [0.25, 0.3) is 0 Å². The molecule has 18 heterocycles. The van der Waals surface area contributed by atoms with Crippen molar-refractivity contribution >= 4 is 53.7 Å². The lowest BCUT2D eigenvalue weighted by Gasteiger charge is -2.13. The molecule has 0 N–H and O–H groups in total. The van der Waals surface area contributed by atoms with E-state index < -0.39 is 153 Å². The maximum atomic E-state index is 11.9. The third-order valence-electron chi connectivity index (χ3n) is 27.5. The second kappa shape index (κ2) is 53.3. The van der Waals surface area contributed by atoms with E-state index in [1.54, 1.807) is 76.4 Å². The molecule has 0 spiro atoms. The molecule has 9 aliphatic rings. The van der Waals surface area contributed by atoms with Crippen LogP contribution in [0.2, 0.25) is 0 Å². The highest BCUT2D eigenvalue weighted by Crippen LogP contribution is 2.37. The van der Waals surface area contributed by atoms with Crippen LogP contribution in [-0.2, 0) is 207 Å². The van der Waals surface area contributed by atoms with Crippen LogP contribution in [-0.4, -0.2) is 199 Å². The first-order chi connectivity index (χ1) is 81.3. The van der Waals surface area contributed by atoms with Crippen LogP contribution in [0.3, 0.4) is 0 Å². The number of ether oxygens (including phenoxy) is 9. The number of rotatable bonds is 27. The number of aryl methyl sites for hydroxylation is 9. The van der Waals surface area contributed by atoms with Crippen molar-refractivity contribution in [3.63, 3.8) is 0 Å². The van der Waals surface area contributed by atoms with Gasteiger partial charge in [-0.3, -0.25) is 43.2 Å². The average molecular weight is 2030 g/mol. The Morgan fingerprint density at radius 2 is 0.431 bits per heavy atom. The summed E-state index contributed by atoms with van der Waals surface area (Å²) in [7, 11) is 10.8. The number of carbonyl (C=O) groups excluding carboxylic acids is 9. The molecule has 36 heteroatoms. The summed E-state index contributed by atoms with van der Waals surface area (Å²) in [6.07, 6.45) is -0.967. The van der Waals surface area contributed by atoms with Gasteiger partial charge < -0.3 is 83.7 Å². The molecule has 792 valence electrons. The number of esters is 9. The molecule has 9 saturated heterocycles. The summed E-state index contributed by atoms with van der Waals surface area (Å²) in [5, 5.41) is 0. The molecule has 144 heavy (non-hydrogen) atoms. The van der Waals surface area contributed by atoms with Crippen molar-refractivity contribution in [2.75, 3.05) is 59.5 Å².